The Labute approximate surface area is 165 Å². The number of nitrogens with zero attached hydrogens (tertiary/aromatic N) is 4. The molecule has 6 rings (SSSR count). The van der Waals surface area contributed by atoms with Crippen LogP contribution in [0.1, 0.15) is 19.4 Å². The molecule has 0 spiro atoms. The number of methoxy groups -OCH3 is 1. The van der Waals surface area contributed by atoms with Crippen molar-refractivity contribution in [2.75, 3.05) is 40.0 Å². The lowest BCUT2D eigenvalue weighted by molar-refractivity contribution is -0.165. The fourth-order valence-corrected chi connectivity index (χ4v) is 5.99. The van der Waals surface area contributed by atoms with E-state index in [-0.39, 0.29) is 10.8 Å². The highest BCUT2D eigenvalue weighted by Crippen LogP contribution is 2.50. The standard InChI is InChI=1S/C21H25ClN4O/c1-20-9-25-11-21(2,12-26(10-20)13-25)19(20)23-8-15-6-14-4-5-16(27-3)7-17(14)24-18(15)22/h4-8,19H,9-13H2,1-3H3. The Kier molecular flexibility index (Phi) is 3.81. The highest BCUT2D eigenvalue weighted by molar-refractivity contribution is 6.32. The maximum atomic E-state index is 6.48. The van der Waals surface area contributed by atoms with Gasteiger partial charge in [0.25, 0.3) is 0 Å². The molecule has 5 heterocycles. The molecule has 0 amide bonds. The van der Waals surface area contributed by atoms with Crippen molar-refractivity contribution in [2.45, 2.75) is 19.9 Å². The molecule has 27 heavy (non-hydrogen) atoms. The maximum Gasteiger partial charge on any atom is 0.138 e. The fourth-order valence-electron chi connectivity index (χ4n) is 5.80. The maximum absolute atomic E-state index is 6.48. The Morgan fingerprint density at radius 2 is 1.81 bits per heavy atom. The van der Waals surface area contributed by atoms with Crippen LogP contribution in [0, 0.1) is 10.8 Å². The summed E-state index contributed by atoms with van der Waals surface area (Å²) in [5.41, 5.74) is 2.12. The van der Waals surface area contributed by atoms with Crippen molar-refractivity contribution < 1.29 is 4.74 Å². The predicted octanol–water partition coefficient (Wildman–Crippen LogP) is 3.30. The van der Waals surface area contributed by atoms with Crippen LogP contribution in [0.25, 0.3) is 10.9 Å². The van der Waals surface area contributed by atoms with Crippen LogP contribution in [0.3, 0.4) is 0 Å². The Morgan fingerprint density at radius 3 is 2.44 bits per heavy atom. The second-order valence-corrected chi connectivity index (χ2v) is 9.39. The van der Waals surface area contributed by atoms with Crippen molar-refractivity contribution in [1.29, 1.82) is 0 Å². The SMILES string of the molecule is COc1ccc2cc(C=NC3C4(C)CN5CN(C4)CC3(C)C5)c(Cl)nc2c1. The second kappa shape index (κ2) is 5.90. The summed E-state index contributed by atoms with van der Waals surface area (Å²) in [4.78, 5) is 14.8. The molecule has 0 saturated carbocycles. The molecule has 0 N–H and O–H groups in total. The molecular weight excluding hydrogens is 360 g/mol. The van der Waals surface area contributed by atoms with Gasteiger partial charge in [-0.1, -0.05) is 25.4 Å². The highest BCUT2D eigenvalue weighted by atomic mass is 35.5. The van der Waals surface area contributed by atoms with E-state index >= 15 is 0 Å². The smallest absolute Gasteiger partial charge is 0.138 e. The summed E-state index contributed by atoms with van der Waals surface area (Å²) in [5, 5.41) is 1.53. The van der Waals surface area contributed by atoms with Crippen molar-refractivity contribution in [3.8, 4) is 5.75 Å². The van der Waals surface area contributed by atoms with Gasteiger partial charge in [0, 0.05) is 60.2 Å². The monoisotopic (exact) mass is 384 g/mol. The first kappa shape index (κ1) is 17.4. The molecule has 5 nitrogen and oxygen atoms in total. The van der Waals surface area contributed by atoms with Gasteiger partial charge in [-0.3, -0.25) is 14.8 Å². The number of hydrogen-bond acceptors (Lipinski definition) is 5. The molecule has 1 aromatic carbocycles. The third-order valence-electron chi connectivity index (χ3n) is 6.43. The quantitative estimate of drug-likeness (QED) is 0.601. The lowest BCUT2D eigenvalue weighted by Gasteiger charge is -2.65. The van der Waals surface area contributed by atoms with Crippen molar-refractivity contribution in [3.63, 3.8) is 0 Å². The third-order valence-corrected chi connectivity index (χ3v) is 6.73. The number of halogens is 1. The molecule has 2 aromatic rings. The van der Waals surface area contributed by atoms with Crippen molar-refractivity contribution >= 4 is 28.7 Å². The van der Waals surface area contributed by atoms with Gasteiger partial charge in [-0.15, -0.1) is 0 Å². The van der Waals surface area contributed by atoms with E-state index in [0.29, 0.717) is 11.2 Å². The van der Waals surface area contributed by atoms with E-state index in [0.717, 1.165) is 55.1 Å². The first-order valence-corrected chi connectivity index (χ1v) is 9.89. The number of aliphatic imine (C=N–C) groups is 1. The summed E-state index contributed by atoms with van der Waals surface area (Å²) in [6, 6.07) is 8.25. The first-order chi connectivity index (χ1) is 12.9. The van der Waals surface area contributed by atoms with Crippen molar-refractivity contribution in [3.05, 3.63) is 35.0 Å². The van der Waals surface area contributed by atoms with Gasteiger partial charge in [-0.05, 0) is 18.2 Å². The molecule has 4 fully saturated rings. The predicted molar refractivity (Wildman–Crippen MR) is 109 cm³/mol. The summed E-state index contributed by atoms with van der Waals surface area (Å²) >= 11 is 6.48. The average molecular weight is 385 g/mol. The largest absolute Gasteiger partial charge is 0.497 e. The van der Waals surface area contributed by atoms with E-state index in [1.165, 1.54) is 0 Å². The first-order valence-electron chi connectivity index (χ1n) is 9.51. The van der Waals surface area contributed by atoms with Crippen LogP contribution >= 0.6 is 11.6 Å². The van der Waals surface area contributed by atoms with E-state index in [1.54, 1.807) is 7.11 Å². The van der Waals surface area contributed by atoms with E-state index in [1.807, 2.05) is 24.4 Å². The molecule has 4 aliphatic heterocycles. The van der Waals surface area contributed by atoms with Crippen LogP contribution in [0.4, 0.5) is 0 Å². The van der Waals surface area contributed by atoms with Crippen LogP contribution in [0.15, 0.2) is 29.3 Å². The van der Waals surface area contributed by atoms with Crippen LogP contribution < -0.4 is 4.74 Å². The van der Waals surface area contributed by atoms with Crippen LogP contribution in [0.2, 0.25) is 5.15 Å². The molecule has 4 bridgehead atoms. The number of rotatable bonds is 3. The molecule has 6 heteroatoms. The van der Waals surface area contributed by atoms with E-state index < -0.39 is 0 Å². The molecule has 0 aliphatic carbocycles. The summed E-state index contributed by atoms with van der Waals surface area (Å²) in [5.74, 6) is 0.784. The molecule has 0 unspecified atom stereocenters. The molecule has 1 aromatic heterocycles. The van der Waals surface area contributed by atoms with Gasteiger partial charge in [-0.2, -0.15) is 0 Å². The van der Waals surface area contributed by atoms with Gasteiger partial charge in [0.15, 0.2) is 0 Å². The minimum Gasteiger partial charge on any atom is -0.497 e. The zero-order valence-electron chi connectivity index (χ0n) is 16.1. The normalized spacial score (nSPS) is 37.4. The van der Waals surface area contributed by atoms with E-state index in [2.05, 4.69) is 34.7 Å². The van der Waals surface area contributed by atoms with Gasteiger partial charge >= 0.3 is 0 Å². The summed E-state index contributed by atoms with van der Waals surface area (Å²) < 4.78 is 5.28. The zero-order chi connectivity index (χ0) is 18.8. The Bertz CT molecular complexity index is 907. The van der Waals surface area contributed by atoms with Gasteiger partial charge in [-0.25, -0.2) is 4.98 Å². The second-order valence-electron chi connectivity index (χ2n) is 9.03. The van der Waals surface area contributed by atoms with Crippen molar-refractivity contribution in [2.24, 2.45) is 15.8 Å². The van der Waals surface area contributed by atoms with Crippen LogP contribution in [-0.4, -0.2) is 67.0 Å². The average Bonchev–Trinajstić information content (AvgIpc) is 2.59. The number of benzene rings is 1. The number of hydrogen-bond donors (Lipinski definition) is 0. The minimum absolute atomic E-state index is 0.199. The van der Waals surface area contributed by atoms with Gasteiger partial charge in [0.1, 0.15) is 10.9 Å². The lowest BCUT2D eigenvalue weighted by Crippen LogP contribution is -2.75. The Hall–Kier alpha value is -1.69. The number of ether oxygens (including phenoxy) is 1. The van der Waals surface area contributed by atoms with E-state index in [9.17, 15) is 0 Å². The molecule has 0 atom stereocenters. The van der Waals surface area contributed by atoms with Crippen LogP contribution in [-0.2, 0) is 0 Å². The van der Waals surface area contributed by atoms with E-state index in [4.69, 9.17) is 21.3 Å². The van der Waals surface area contributed by atoms with Crippen LogP contribution in [0.5, 0.6) is 5.75 Å². The number of fused-ring (bicyclic) bond motifs is 1. The Morgan fingerprint density at radius 1 is 1.15 bits per heavy atom. The molecular formula is C21H25ClN4O. The number of piperidine rings is 2. The minimum atomic E-state index is 0.199. The lowest BCUT2D eigenvalue weighted by atomic mass is 9.60. The summed E-state index contributed by atoms with van der Waals surface area (Å²) in [7, 11) is 1.66. The number of pyridine rings is 1. The summed E-state index contributed by atoms with van der Waals surface area (Å²) in [6.07, 6.45) is 1.95. The van der Waals surface area contributed by atoms with Gasteiger partial charge in [0.05, 0.1) is 25.3 Å². The Balaban J connectivity index is 1.49. The fraction of sp³-hybridized carbons (Fsp3) is 0.524. The topological polar surface area (TPSA) is 41.0 Å². The van der Waals surface area contributed by atoms with Gasteiger partial charge < -0.3 is 4.74 Å². The van der Waals surface area contributed by atoms with Crippen molar-refractivity contribution in [1.82, 2.24) is 14.8 Å². The highest BCUT2D eigenvalue weighted by Gasteiger charge is 2.59. The molecule has 4 aliphatic rings. The zero-order valence-corrected chi connectivity index (χ0v) is 16.8. The summed E-state index contributed by atoms with van der Waals surface area (Å²) in [6.45, 7) is 10.4. The molecule has 142 valence electrons. The number of aromatic nitrogens is 1. The van der Waals surface area contributed by atoms with Gasteiger partial charge in [0.2, 0.25) is 0 Å². The third kappa shape index (κ3) is 2.75. The molecule has 4 saturated heterocycles. The molecule has 0 radical (unpaired) electrons.